The van der Waals surface area contributed by atoms with Crippen LogP contribution in [-0.2, 0) is 10.2 Å². The number of thioether (sulfide) groups is 1. The van der Waals surface area contributed by atoms with Gasteiger partial charge in [-0.15, -0.1) is 11.8 Å². The van der Waals surface area contributed by atoms with E-state index < -0.39 is 11.2 Å². The first-order valence-electron chi connectivity index (χ1n) is 5.29. The van der Waals surface area contributed by atoms with Crippen LogP contribution in [-0.4, -0.2) is 11.2 Å². The summed E-state index contributed by atoms with van der Waals surface area (Å²) in [4.78, 5) is 11.6. The van der Waals surface area contributed by atoms with Crippen LogP contribution < -0.4 is 5.11 Å². The molecule has 0 saturated heterocycles. The quantitative estimate of drug-likeness (QED) is 0.757. The number of rotatable bonds is 3. The van der Waals surface area contributed by atoms with E-state index in [1.165, 1.54) is 17.3 Å². The van der Waals surface area contributed by atoms with Gasteiger partial charge in [0.1, 0.15) is 0 Å². The Morgan fingerprint density at radius 2 is 1.75 bits per heavy atom. The molecule has 0 fully saturated rings. The highest BCUT2D eigenvalue weighted by atomic mass is 32.2. The zero-order valence-electron chi connectivity index (χ0n) is 10.1. The van der Waals surface area contributed by atoms with Crippen molar-refractivity contribution in [3.8, 4) is 0 Å². The van der Waals surface area contributed by atoms with Gasteiger partial charge in [0.15, 0.2) is 0 Å². The average molecular weight is 237 g/mol. The number of carbonyl (C=O) groups is 1. The molecular formula is C13H17O2S-. The smallest absolute Gasteiger partial charge is 0.0545 e. The molecule has 2 nitrogen and oxygen atoms in total. The second kappa shape index (κ2) is 4.91. The zero-order valence-corrected chi connectivity index (χ0v) is 10.9. The van der Waals surface area contributed by atoms with Crippen LogP contribution in [0.3, 0.4) is 0 Å². The summed E-state index contributed by atoms with van der Waals surface area (Å²) in [5, 5.41) is 10.1. The van der Waals surface area contributed by atoms with Crippen LogP contribution >= 0.6 is 11.8 Å². The second-order valence-corrected chi connectivity index (χ2v) is 6.27. The standard InChI is InChI=1S/C13H18O2S/c1-9(12(14)15)16-11-7-5-10(6-8-11)13(2,3)4/h5-9H,1-4H3,(H,14,15)/p-1/t9-/m1/s1. The Hall–Kier alpha value is -0.960. The number of carboxylic acids is 1. The Balaban J connectivity index is 2.76. The van der Waals surface area contributed by atoms with Crippen molar-refractivity contribution in [3.63, 3.8) is 0 Å². The van der Waals surface area contributed by atoms with Crippen molar-refractivity contribution >= 4 is 17.7 Å². The summed E-state index contributed by atoms with van der Waals surface area (Å²) in [5.74, 6) is -1.02. The number of aliphatic carboxylic acids is 1. The van der Waals surface area contributed by atoms with E-state index in [1.54, 1.807) is 6.92 Å². The minimum absolute atomic E-state index is 0.128. The molecule has 0 amide bonds. The first kappa shape index (κ1) is 13.1. The molecule has 16 heavy (non-hydrogen) atoms. The first-order chi connectivity index (χ1) is 7.30. The summed E-state index contributed by atoms with van der Waals surface area (Å²) < 4.78 is 0. The fraction of sp³-hybridized carbons (Fsp3) is 0.462. The lowest BCUT2D eigenvalue weighted by atomic mass is 9.87. The molecule has 0 aliphatic carbocycles. The van der Waals surface area contributed by atoms with Gasteiger partial charge in [-0.25, -0.2) is 0 Å². The molecule has 1 aromatic rings. The van der Waals surface area contributed by atoms with Gasteiger partial charge in [-0.05, 0) is 30.0 Å². The minimum atomic E-state index is -1.02. The highest BCUT2D eigenvalue weighted by Gasteiger charge is 2.13. The summed E-state index contributed by atoms with van der Waals surface area (Å²) >= 11 is 1.31. The third-order valence-corrected chi connectivity index (χ3v) is 3.46. The molecule has 0 saturated carbocycles. The first-order valence-corrected chi connectivity index (χ1v) is 6.17. The third kappa shape index (κ3) is 3.56. The van der Waals surface area contributed by atoms with Gasteiger partial charge in [0.2, 0.25) is 0 Å². The van der Waals surface area contributed by atoms with E-state index in [4.69, 9.17) is 0 Å². The summed E-state index contributed by atoms with van der Waals surface area (Å²) in [6.07, 6.45) is 0. The van der Waals surface area contributed by atoms with Gasteiger partial charge < -0.3 is 9.90 Å². The Morgan fingerprint density at radius 1 is 1.25 bits per heavy atom. The fourth-order valence-corrected chi connectivity index (χ4v) is 2.08. The van der Waals surface area contributed by atoms with Gasteiger partial charge in [0, 0.05) is 10.1 Å². The highest BCUT2D eigenvalue weighted by molar-refractivity contribution is 8.00. The number of benzene rings is 1. The van der Waals surface area contributed by atoms with E-state index >= 15 is 0 Å². The maximum absolute atomic E-state index is 10.6. The van der Waals surface area contributed by atoms with E-state index in [1.807, 2.05) is 24.3 Å². The van der Waals surface area contributed by atoms with Crippen molar-refractivity contribution in [1.82, 2.24) is 0 Å². The highest BCUT2D eigenvalue weighted by Crippen LogP contribution is 2.27. The number of carboxylic acid groups (broad SMARTS) is 1. The summed E-state index contributed by atoms with van der Waals surface area (Å²) in [7, 11) is 0. The van der Waals surface area contributed by atoms with Crippen molar-refractivity contribution in [1.29, 1.82) is 0 Å². The lowest BCUT2D eigenvalue weighted by molar-refractivity contribution is -0.304. The predicted molar refractivity (Wildman–Crippen MR) is 65.5 cm³/mol. The van der Waals surface area contributed by atoms with Crippen molar-refractivity contribution in [3.05, 3.63) is 29.8 Å². The van der Waals surface area contributed by atoms with E-state index in [9.17, 15) is 9.90 Å². The van der Waals surface area contributed by atoms with Gasteiger partial charge in [-0.3, -0.25) is 0 Å². The molecule has 0 aliphatic heterocycles. The van der Waals surface area contributed by atoms with Crippen LogP contribution in [0.1, 0.15) is 33.3 Å². The molecule has 0 heterocycles. The molecule has 0 unspecified atom stereocenters. The Bertz CT molecular complexity index is 363. The summed E-state index contributed by atoms with van der Waals surface area (Å²) in [6.45, 7) is 8.09. The Labute approximate surface area is 101 Å². The van der Waals surface area contributed by atoms with Crippen molar-refractivity contribution in [2.75, 3.05) is 0 Å². The predicted octanol–water partition coefficient (Wildman–Crippen LogP) is 2.21. The van der Waals surface area contributed by atoms with Gasteiger partial charge >= 0.3 is 0 Å². The molecule has 1 aromatic carbocycles. The molecule has 0 spiro atoms. The molecule has 0 aromatic heterocycles. The fourth-order valence-electron chi connectivity index (χ4n) is 1.29. The van der Waals surface area contributed by atoms with Crippen molar-refractivity contribution < 1.29 is 9.90 Å². The molecule has 3 heteroatoms. The van der Waals surface area contributed by atoms with E-state index in [-0.39, 0.29) is 5.41 Å². The summed E-state index contributed by atoms with van der Waals surface area (Å²) in [5.41, 5.74) is 1.38. The van der Waals surface area contributed by atoms with Gasteiger partial charge in [-0.1, -0.05) is 32.9 Å². The Kier molecular flexibility index (Phi) is 4.03. The van der Waals surface area contributed by atoms with Crippen LogP contribution in [0, 0.1) is 0 Å². The van der Waals surface area contributed by atoms with Gasteiger partial charge in [0.25, 0.3) is 0 Å². The lowest BCUT2D eigenvalue weighted by Crippen LogP contribution is -2.31. The van der Waals surface area contributed by atoms with Crippen LogP contribution in [0.4, 0.5) is 0 Å². The molecule has 0 N–H and O–H groups in total. The number of carbonyl (C=O) groups excluding carboxylic acids is 1. The monoisotopic (exact) mass is 237 g/mol. The largest absolute Gasteiger partial charge is 0.549 e. The van der Waals surface area contributed by atoms with Gasteiger partial charge in [-0.2, -0.15) is 0 Å². The van der Waals surface area contributed by atoms with E-state index in [0.717, 1.165) is 4.90 Å². The summed E-state index contributed by atoms with van der Waals surface area (Å²) in [6, 6.07) is 8.02. The maximum Gasteiger partial charge on any atom is 0.0545 e. The van der Waals surface area contributed by atoms with Gasteiger partial charge in [0.05, 0.1) is 5.97 Å². The molecule has 1 rings (SSSR count). The second-order valence-electron chi connectivity index (χ2n) is 4.85. The van der Waals surface area contributed by atoms with Crippen molar-refractivity contribution in [2.24, 2.45) is 0 Å². The molecule has 0 radical (unpaired) electrons. The Morgan fingerprint density at radius 3 is 2.12 bits per heavy atom. The minimum Gasteiger partial charge on any atom is -0.549 e. The topological polar surface area (TPSA) is 40.1 Å². The molecule has 0 bridgehead atoms. The van der Waals surface area contributed by atoms with Crippen LogP contribution in [0.5, 0.6) is 0 Å². The molecule has 88 valence electrons. The molecule has 0 aliphatic rings. The third-order valence-electron chi connectivity index (χ3n) is 2.37. The SMILES string of the molecule is C[C@@H](Sc1ccc(C(C)(C)C)cc1)C(=O)[O-]. The van der Waals surface area contributed by atoms with Crippen LogP contribution in [0.15, 0.2) is 29.2 Å². The van der Waals surface area contributed by atoms with Crippen LogP contribution in [0.2, 0.25) is 0 Å². The zero-order chi connectivity index (χ0) is 12.3. The maximum atomic E-state index is 10.6. The normalized spacial score (nSPS) is 13.5. The van der Waals surface area contributed by atoms with E-state index in [0.29, 0.717) is 0 Å². The number of hydrogen-bond acceptors (Lipinski definition) is 3. The molecule has 1 atom stereocenters. The van der Waals surface area contributed by atoms with Crippen LogP contribution in [0.25, 0.3) is 0 Å². The van der Waals surface area contributed by atoms with E-state index in [2.05, 4.69) is 20.8 Å². The molecular weight excluding hydrogens is 220 g/mol. The number of hydrogen-bond donors (Lipinski definition) is 0. The average Bonchev–Trinajstić information content (AvgIpc) is 2.17. The lowest BCUT2D eigenvalue weighted by Gasteiger charge is -2.19. The van der Waals surface area contributed by atoms with Crippen molar-refractivity contribution in [2.45, 2.75) is 43.3 Å².